The molecule has 0 saturated heterocycles. The van der Waals surface area contributed by atoms with Gasteiger partial charge in [-0.15, -0.1) is 0 Å². The molecule has 0 aliphatic heterocycles. The highest BCUT2D eigenvalue weighted by atomic mass is 35.5. The molecule has 82 valence electrons. The van der Waals surface area contributed by atoms with Crippen LogP contribution in [0, 0.1) is 5.92 Å². The second-order valence-electron chi connectivity index (χ2n) is 3.61. The predicted octanol–water partition coefficient (Wildman–Crippen LogP) is 2.44. The number of rotatable bonds is 5. The van der Waals surface area contributed by atoms with Crippen LogP contribution in [-0.2, 0) is 11.2 Å². The van der Waals surface area contributed by atoms with Crippen LogP contribution in [0.4, 0.5) is 0 Å². The van der Waals surface area contributed by atoms with Crippen LogP contribution in [0.5, 0.6) is 0 Å². The van der Waals surface area contributed by atoms with Crippen molar-refractivity contribution in [2.75, 3.05) is 6.54 Å². The number of carbonyl (C=O) groups is 1. The maximum Gasteiger partial charge on any atom is 0.141 e. The lowest BCUT2D eigenvalue weighted by molar-refractivity contribution is -0.122. The van der Waals surface area contributed by atoms with E-state index in [2.05, 4.69) is 0 Å². The van der Waals surface area contributed by atoms with Gasteiger partial charge in [0.15, 0.2) is 0 Å². The molecule has 1 atom stereocenters. The van der Waals surface area contributed by atoms with Gasteiger partial charge >= 0.3 is 0 Å². The van der Waals surface area contributed by atoms with E-state index >= 15 is 0 Å². The molecule has 2 nitrogen and oxygen atoms in total. The minimum atomic E-state index is -0.0241. The molecule has 3 heteroatoms. The van der Waals surface area contributed by atoms with Crippen LogP contribution in [0.1, 0.15) is 18.9 Å². The van der Waals surface area contributed by atoms with Gasteiger partial charge in [-0.3, -0.25) is 4.79 Å². The van der Waals surface area contributed by atoms with Crippen LogP contribution < -0.4 is 5.73 Å². The zero-order valence-corrected chi connectivity index (χ0v) is 9.63. The van der Waals surface area contributed by atoms with Gasteiger partial charge in [0.2, 0.25) is 0 Å². The summed E-state index contributed by atoms with van der Waals surface area (Å²) in [4.78, 5) is 11.8. The fourth-order valence-corrected chi connectivity index (χ4v) is 1.73. The molecular formula is C12H16ClNO. The summed E-state index contributed by atoms with van der Waals surface area (Å²) in [5.74, 6) is 0.172. The van der Waals surface area contributed by atoms with Gasteiger partial charge < -0.3 is 5.73 Å². The molecule has 0 bridgehead atoms. The molecule has 0 saturated carbocycles. The van der Waals surface area contributed by atoms with Crippen LogP contribution in [-0.4, -0.2) is 12.3 Å². The maximum absolute atomic E-state index is 11.8. The monoisotopic (exact) mass is 225 g/mol. The van der Waals surface area contributed by atoms with Crippen molar-refractivity contribution in [3.05, 3.63) is 34.9 Å². The Balaban J connectivity index is 2.65. The highest BCUT2D eigenvalue weighted by Crippen LogP contribution is 2.13. The van der Waals surface area contributed by atoms with Crippen LogP contribution in [0.15, 0.2) is 24.3 Å². The first-order valence-corrected chi connectivity index (χ1v) is 5.52. The van der Waals surface area contributed by atoms with Gasteiger partial charge in [-0.2, -0.15) is 0 Å². The second kappa shape index (κ2) is 5.89. The van der Waals surface area contributed by atoms with E-state index in [1.165, 1.54) is 0 Å². The molecule has 0 aliphatic rings. The molecule has 0 aromatic heterocycles. The third kappa shape index (κ3) is 3.65. The summed E-state index contributed by atoms with van der Waals surface area (Å²) in [6.07, 6.45) is 1.23. The lowest BCUT2D eigenvalue weighted by atomic mass is 9.96. The van der Waals surface area contributed by atoms with Crippen LogP contribution >= 0.6 is 11.6 Å². The van der Waals surface area contributed by atoms with Gasteiger partial charge in [-0.25, -0.2) is 0 Å². The SMILES string of the molecule is CCC(CN)C(=O)Cc1cccc(Cl)c1. The summed E-state index contributed by atoms with van der Waals surface area (Å²) in [6, 6.07) is 7.39. The van der Waals surface area contributed by atoms with E-state index in [1.807, 2.05) is 25.1 Å². The predicted molar refractivity (Wildman–Crippen MR) is 63.0 cm³/mol. The Morgan fingerprint density at radius 2 is 2.27 bits per heavy atom. The highest BCUT2D eigenvalue weighted by molar-refractivity contribution is 6.30. The van der Waals surface area contributed by atoms with Crippen molar-refractivity contribution in [2.24, 2.45) is 11.7 Å². The quantitative estimate of drug-likeness (QED) is 0.837. The van der Waals surface area contributed by atoms with Crippen molar-refractivity contribution in [3.63, 3.8) is 0 Å². The van der Waals surface area contributed by atoms with E-state index in [9.17, 15) is 4.79 Å². The van der Waals surface area contributed by atoms with Crippen molar-refractivity contribution >= 4 is 17.4 Å². The Morgan fingerprint density at radius 1 is 1.53 bits per heavy atom. The molecule has 0 spiro atoms. The third-order valence-corrected chi connectivity index (χ3v) is 2.74. The zero-order chi connectivity index (χ0) is 11.3. The fraction of sp³-hybridized carbons (Fsp3) is 0.417. The molecule has 0 heterocycles. The third-order valence-electron chi connectivity index (χ3n) is 2.50. The van der Waals surface area contributed by atoms with Crippen molar-refractivity contribution in [3.8, 4) is 0 Å². The summed E-state index contributed by atoms with van der Waals surface area (Å²) >= 11 is 5.84. The first kappa shape index (κ1) is 12.2. The molecule has 15 heavy (non-hydrogen) atoms. The number of hydrogen-bond donors (Lipinski definition) is 1. The first-order valence-electron chi connectivity index (χ1n) is 5.14. The Kier molecular flexibility index (Phi) is 4.79. The van der Waals surface area contributed by atoms with E-state index in [0.29, 0.717) is 18.0 Å². The van der Waals surface area contributed by atoms with Crippen molar-refractivity contribution < 1.29 is 4.79 Å². The molecule has 0 aliphatic carbocycles. The lowest BCUT2D eigenvalue weighted by Crippen LogP contribution is -2.24. The number of carbonyl (C=O) groups excluding carboxylic acids is 1. The van der Waals surface area contributed by atoms with Gasteiger partial charge in [-0.1, -0.05) is 30.7 Å². The normalized spacial score (nSPS) is 12.5. The van der Waals surface area contributed by atoms with Gasteiger partial charge in [0, 0.05) is 23.9 Å². The topological polar surface area (TPSA) is 43.1 Å². The van der Waals surface area contributed by atoms with Crippen LogP contribution in [0.25, 0.3) is 0 Å². The zero-order valence-electron chi connectivity index (χ0n) is 8.87. The van der Waals surface area contributed by atoms with E-state index in [1.54, 1.807) is 6.07 Å². The molecule has 0 fully saturated rings. The molecule has 0 radical (unpaired) electrons. The van der Waals surface area contributed by atoms with Gasteiger partial charge in [-0.05, 0) is 24.1 Å². The Labute approximate surface area is 95.4 Å². The molecular weight excluding hydrogens is 210 g/mol. The Hall–Kier alpha value is -0.860. The lowest BCUT2D eigenvalue weighted by Gasteiger charge is -2.10. The molecule has 2 N–H and O–H groups in total. The number of nitrogens with two attached hydrogens (primary N) is 1. The number of halogens is 1. The maximum atomic E-state index is 11.8. The van der Waals surface area contributed by atoms with E-state index in [-0.39, 0.29) is 11.7 Å². The number of benzene rings is 1. The second-order valence-corrected chi connectivity index (χ2v) is 4.05. The molecule has 1 unspecified atom stereocenters. The van der Waals surface area contributed by atoms with Gasteiger partial charge in [0.05, 0.1) is 0 Å². The Bertz CT molecular complexity index is 334. The molecule has 1 aromatic carbocycles. The smallest absolute Gasteiger partial charge is 0.141 e. The average Bonchev–Trinajstić information content (AvgIpc) is 2.19. The fourth-order valence-electron chi connectivity index (χ4n) is 1.52. The van der Waals surface area contributed by atoms with Gasteiger partial charge in [0.25, 0.3) is 0 Å². The standard InChI is InChI=1S/C12H16ClNO/c1-2-10(8-14)12(15)7-9-4-3-5-11(13)6-9/h3-6,10H,2,7-8,14H2,1H3. The number of Topliss-reactive ketones (excluding diaryl/α,β-unsaturated/α-hetero) is 1. The van der Waals surface area contributed by atoms with E-state index in [0.717, 1.165) is 12.0 Å². The highest BCUT2D eigenvalue weighted by Gasteiger charge is 2.14. The molecule has 1 rings (SSSR count). The summed E-state index contributed by atoms with van der Waals surface area (Å²) in [7, 11) is 0. The first-order chi connectivity index (χ1) is 7.17. The van der Waals surface area contributed by atoms with E-state index in [4.69, 9.17) is 17.3 Å². The molecule has 1 aromatic rings. The average molecular weight is 226 g/mol. The summed E-state index contributed by atoms with van der Waals surface area (Å²) in [5, 5.41) is 0.668. The van der Waals surface area contributed by atoms with Crippen molar-refractivity contribution in [1.82, 2.24) is 0 Å². The summed E-state index contributed by atoms with van der Waals surface area (Å²) in [6.45, 7) is 2.41. The van der Waals surface area contributed by atoms with E-state index < -0.39 is 0 Å². The van der Waals surface area contributed by atoms with Crippen molar-refractivity contribution in [2.45, 2.75) is 19.8 Å². The Morgan fingerprint density at radius 3 is 2.80 bits per heavy atom. The minimum Gasteiger partial charge on any atom is -0.330 e. The van der Waals surface area contributed by atoms with Crippen LogP contribution in [0.2, 0.25) is 5.02 Å². The van der Waals surface area contributed by atoms with Gasteiger partial charge in [0.1, 0.15) is 5.78 Å². The summed E-state index contributed by atoms with van der Waals surface area (Å²) < 4.78 is 0. The largest absolute Gasteiger partial charge is 0.330 e. The van der Waals surface area contributed by atoms with Crippen molar-refractivity contribution in [1.29, 1.82) is 0 Å². The molecule has 0 amide bonds. The van der Waals surface area contributed by atoms with Crippen LogP contribution in [0.3, 0.4) is 0 Å². The minimum absolute atomic E-state index is 0.0241. The number of hydrogen-bond acceptors (Lipinski definition) is 2. The summed E-state index contributed by atoms with van der Waals surface area (Å²) in [5.41, 5.74) is 6.48. The number of ketones is 1.